The van der Waals surface area contributed by atoms with Crippen LogP contribution in [0.3, 0.4) is 0 Å². The zero-order chi connectivity index (χ0) is 8.97. The largest absolute Gasteiger partial charge is 0.378 e. The van der Waals surface area contributed by atoms with Gasteiger partial charge < -0.3 is 4.74 Å². The Morgan fingerprint density at radius 3 is 2.92 bits per heavy atom. The molecule has 0 bridgehead atoms. The molecule has 0 aliphatic carbocycles. The van der Waals surface area contributed by atoms with Crippen molar-refractivity contribution in [3.05, 3.63) is 0 Å². The Labute approximate surface area is 78.3 Å². The van der Waals surface area contributed by atoms with Crippen LogP contribution in [0.4, 0.5) is 0 Å². The fraction of sp³-hybridized carbons (Fsp3) is 0.889. The van der Waals surface area contributed by atoms with Gasteiger partial charge in [-0.05, 0) is 30.5 Å². The van der Waals surface area contributed by atoms with Crippen molar-refractivity contribution in [2.24, 2.45) is 5.92 Å². The first-order chi connectivity index (χ1) is 5.74. The summed E-state index contributed by atoms with van der Waals surface area (Å²) in [5.74, 6) is 0.576. The molecule has 1 saturated heterocycles. The van der Waals surface area contributed by atoms with E-state index in [0.717, 1.165) is 19.4 Å². The van der Waals surface area contributed by atoms with Crippen molar-refractivity contribution in [2.75, 3.05) is 6.61 Å². The standard InChI is InChI=1S/C9H15NOS/c1-7(2)9-5-8(12-6-10)3-4-11-9/h7-9H,3-5H2,1-2H3/t8-,9+/m0/s1. The molecule has 1 rings (SSSR count). The average molecular weight is 185 g/mol. The van der Waals surface area contributed by atoms with Crippen molar-refractivity contribution in [2.45, 2.75) is 38.0 Å². The average Bonchev–Trinajstić information content (AvgIpc) is 2.05. The van der Waals surface area contributed by atoms with Gasteiger partial charge in [0.2, 0.25) is 0 Å². The van der Waals surface area contributed by atoms with E-state index >= 15 is 0 Å². The van der Waals surface area contributed by atoms with Crippen molar-refractivity contribution < 1.29 is 4.74 Å². The molecule has 0 saturated carbocycles. The fourth-order valence-electron chi connectivity index (χ4n) is 1.44. The van der Waals surface area contributed by atoms with Gasteiger partial charge >= 0.3 is 0 Å². The summed E-state index contributed by atoms with van der Waals surface area (Å²) in [6.45, 7) is 5.16. The summed E-state index contributed by atoms with van der Waals surface area (Å²) in [5.41, 5.74) is 0. The van der Waals surface area contributed by atoms with E-state index in [1.807, 2.05) is 0 Å². The van der Waals surface area contributed by atoms with Crippen LogP contribution in [0, 0.1) is 16.6 Å². The Morgan fingerprint density at radius 1 is 1.58 bits per heavy atom. The molecule has 1 heterocycles. The fourth-order valence-corrected chi connectivity index (χ4v) is 2.09. The molecular weight excluding hydrogens is 170 g/mol. The molecule has 1 fully saturated rings. The summed E-state index contributed by atoms with van der Waals surface area (Å²) in [5, 5.41) is 11.2. The maximum Gasteiger partial charge on any atom is 0.133 e. The Kier molecular flexibility index (Phi) is 3.90. The quantitative estimate of drug-likeness (QED) is 0.619. The first-order valence-electron chi connectivity index (χ1n) is 4.40. The molecular formula is C9H15NOS. The van der Waals surface area contributed by atoms with Gasteiger partial charge in [-0.25, -0.2) is 0 Å². The lowest BCUT2D eigenvalue weighted by Crippen LogP contribution is -2.30. The number of hydrogen-bond acceptors (Lipinski definition) is 3. The highest BCUT2D eigenvalue weighted by molar-refractivity contribution is 8.04. The molecule has 0 unspecified atom stereocenters. The molecule has 0 aromatic carbocycles. The summed E-state index contributed by atoms with van der Waals surface area (Å²) in [6, 6.07) is 0. The minimum absolute atomic E-state index is 0.365. The van der Waals surface area contributed by atoms with Crippen LogP contribution in [0.5, 0.6) is 0 Å². The van der Waals surface area contributed by atoms with Crippen molar-refractivity contribution in [1.29, 1.82) is 5.26 Å². The summed E-state index contributed by atoms with van der Waals surface area (Å²) in [6.07, 6.45) is 2.43. The molecule has 3 heteroatoms. The Hall–Kier alpha value is -0.200. The van der Waals surface area contributed by atoms with E-state index in [4.69, 9.17) is 10.00 Å². The molecule has 0 radical (unpaired) electrons. The molecule has 68 valence electrons. The second kappa shape index (κ2) is 4.74. The van der Waals surface area contributed by atoms with Gasteiger partial charge in [0.15, 0.2) is 0 Å². The molecule has 2 nitrogen and oxygen atoms in total. The van der Waals surface area contributed by atoms with Crippen LogP contribution in [0.1, 0.15) is 26.7 Å². The predicted octanol–water partition coefficient (Wildman–Crippen LogP) is 2.40. The van der Waals surface area contributed by atoms with Gasteiger partial charge in [-0.15, -0.1) is 0 Å². The lowest BCUT2D eigenvalue weighted by molar-refractivity contribution is -0.00883. The Balaban J connectivity index is 2.36. The normalized spacial score (nSPS) is 30.2. The summed E-state index contributed by atoms with van der Waals surface area (Å²) >= 11 is 1.40. The minimum atomic E-state index is 0.365. The highest BCUT2D eigenvalue weighted by Crippen LogP contribution is 2.27. The smallest absolute Gasteiger partial charge is 0.133 e. The van der Waals surface area contributed by atoms with Crippen molar-refractivity contribution in [3.63, 3.8) is 0 Å². The zero-order valence-corrected chi connectivity index (χ0v) is 8.43. The highest BCUT2D eigenvalue weighted by Gasteiger charge is 2.24. The van der Waals surface area contributed by atoms with Crippen LogP contribution in [-0.4, -0.2) is 18.0 Å². The van der Waals surface area contributed by atoms with Crippen LogP contribution in [0.15, 0.2) is 0 Å². The Bertz CT molecular complexity index is 176. The van der Waals surface area contributed by atoms with Gasteiger partial charge in [0, 0.05) is 11.9 Å². The van der Waals surface area contributed by atoms with Crippen LogP contribution >= 0.6 is 11.8 Å². The molecule has 0 aromatic heterocycles. The van der Waals surface area contributed by atoms with E-state index in [9.17, 15) is 0 Å². The third-order valence-corrected chi connectivity index (χ3v) is 3.10. The van der Waals surface area contributed by atoms with Gasteiger partial charge in [-0.2, -0.15) is 5.26 Å². The topological polar surface area (TPSA) is 33.0 Å². The Morgan fingerprint density at radius 2 is 2.33 bits per heavy atom. The van der Waals surface area contributed by atoms with E-state index in [-0.39, 0.29) is 0 Å². The number of thiocyanates is 1. The predicted molar refractivity (Wildman–Crippen MR) is 50.8 cm³/mol. The first-order valence-corrected chi connectivity index (χ1v) is 5.28. The van der Waals surface area contributed by atoms with Crippen LogP contribution in [-0.2, 0) is 4.74 Å². The third kappa shape index (κ3) is 2.69. The molecule has 1 aliphatic heterocycles. The van der Waals surface area contributed by atoms with Gasteiger partial charge in [-0.1, -0.05) is 13.8 Å². The van der Waals surface area contributed by atoms with E-state index in [1.54, 1.807) is 0 Å². The summed E-state index contributed by atoms with van der Waals surface area (Å²) in [4.78, 5) is 0. The van der Waals surface area contributed by atoms with E-state index in [2.05, 4.69) is 19.2 Å². The van der Waals surface area contributed by atoms with Gasteiger partial charge in [0.1, 0.15) is 5.40 Å². The molecule has 0 spiro atoms. The number of rotatable bonds is 2. The number of thioether (sulfide) groups is 1. The number of hydrogen-bond donors (Lipinski definition) is 0. The van der Waals surface area contributed by atoms with E-state index < -0.39 is 0 Å². The summed E-state index contributed by atoms with van der Waals surface area (Å²) in [7, 11) is 0. The van der Waals surface area contributed by atoms with Gasteiger partial charge in [0.05, 0.1) is 6.10 Å². The maximum atomic E-state index is 8.52. The molecule has 2 atom stereocenters. The monoisotopic (exact) mass is 185 g/mol. The zero-order valence-electron chi connectivity index (χ0n) is 7.62. The van der Waals surface area contributed by atoms with Crippen molar-refractivity contribution >= 4 is 11.8 Å². The second-order valence-electron chi connectivity index (χ2n) is 3.51. The minimum Gasteiger partial charge on any atom is -0.378 e. The molecule has 1 aliphatic rings. The molecule has 0 aromatic rings. The highest BCUT2D eigenvalue weighted by atomic mass is 32.2. The first kappa shape index (κ1) is 9.88. The number of ether oxygens (including phenoxy) is 1. The molecule has 12 heavy (non-hydrogen) atoms. The van der Waals surface area contributed by atoms with Crippen molar-refractivity contribution in [1.82, 2.24) is 0 Å². The van der Waals surface area contributed by atoms with Crippen LogP contribution < -0.4 is 0 Å². The van der Waals surface area contributed by atoms with Crippen molar-refractivity contribution in [3.8, 4) is 5.40 Å². The maximum absolute atomic E-state index is 8.52. The second-order valence-corrected chi connectivity index (χ2v) is 4.59. The van der Waals surface area contributed by atoms with Crippen LogP contribution in [0.25, 0.3) is 0 Å². The van der Waals surface area contributed by atoms with Gasteiger partial charge in [0.25, 0.3) is 0 Å². The lowest BCUT2D eigenvalue weighted by Gasteiger charge is -2.30. The van der Waals surface area contributed by atoms with E-state index in [1.165, 1.54) is 11.8 Å². The van der Waals surface area contributed by atoms with E-state index in [0.29, 0.717) is 17.3 Å². The lowest BCUT2D eigenvalue weighted by atomic mass is 9.99. The number of nitriles is 1. The third-order valence-electron chi connectivity index (χ3n) is 2.23. The molecule has 0 amide bonds. The summed E-state index contributed by atoms with van der Waals surface area (Å²) < 4.78 is 5.59. The molecule has 0 N–H and O–H groups in total. The number of nitrogens with zero attached hydrogens (tertiary/aromatic N) is 1. The SMILES string of the molecule is CC(C)[C@H]1C[C@@H](SC#N)CCO1. The van der Waals surface area contributed by atoms with Gasteiger partial charge in [-0.3, -0.25) is 0 Å². The van der Waals surface area contributed by atoms with Crippen LogP contribution in [0.2, 0.25) is 0 Å².